The van der Waals surface area contributed by atoms with E-state index < -0.39 is 11.5 Å². The Hall–Kier alpha value is -3.06. The van der Waals surface area contributed by atoms with E-state index in [0.29, 0.717) is 5.82 Å². The summed E-state index contributed by atoms with van der Waals surface area (Å²) in [4.78, 5) is 21.2. The fourth-order valence-corrected chi connectivity index (χ4v) is 4.47. The number of aliphatic hydroxyl groups is 1. The Kier molecular flexibility index (Phi) is 6.37. The van der Waals surface area contributed by atoms with E-state index in [2.05, 4.69) is 29.5 Å². The molecule has 1 unspecified atom stereocenters. The predicted octanol–water partition coefficient (Wildman–Crippen LogP) is 4.19. The number of ether oxygens (including phenoxy) is 1. The van der Waals surface area contributed by atoms with Crippen molar-refractivity contribution < 1.29 is 14.6 Å². The Morgan fingerprint density at radius 3 is 2.47 bits per heavy atom. The van der Waals surface area contributed by atoms with Crippen LogP contribution in [-0.4, -0.2) is 40.4 Å². The maximum absolute atomic E-state index is 13.0. The number of para-hydroxylation sites is 2. The summed E-state index contributed by atoms with van der Waals surface area (Å²) < 4.78 is 5.31. The first-order valence-corrected chi connectivity index (χ1v) is 11.2. The van der Waals surface area contributed by atoms with Crippen LogP contribution in [0.25, 0.3) is 11.0 Å². The van der Waals surface area contributed by atoms with Crippen molar-refractivity contribution in [3.63, 3.8) is 0 Å². The summed E-state index contributed by atoms with van der Waals surface area (Å²) in [6.45, 7) is 4.20. The molecular weight excluding hydrogens is 404 g/mol. The Labute approximate surface area is 188 Å². The molecule has 32 heavy (non-hydrogen) atoms. The Morgan fingerprint density at radius 2 is 1.81 bits per heavy atom. The van der Waals surface area contributed by atoms with Crippen LogP contribution in [0.4, 0.5) is 4.79 Å². The lowest BCUT2D eigenvalue weighted by molar-refractivity contribution is 0.117. The van der Waals surface area contributed by atoms with Crippen LogP contribution < -0.4 is 15.4 Å². The number of hydrogen-bond acceptors (Lipinski definition) is 4. The smallest absolute Gasteiger partial charge is 0.315 e. The second kappa shape index (κ2) is 9.20. The van der Waals surface area contributed by atoms with Gasteiger partial charge in [0.2, 0.25) is 0 Å². The fraction of sp³-hybridized carbons (Fsp3) is 0.440. The molecule has 7 heteroatoms. The first kappa shape index (κ1) is 22.1. The number of nitrogens with one attached hydrogen (secondary N) is 3. The maximum Gasteiger partial charge on any atom is 0.315 e. The Bertz CT molecular complexity index is 1020. The van der Waals surface area contributed by atoms with Crippen molar-refractivity contribution in [3.8, 4) is 5.75 Å². The van der Waals surface area contributed by atoms with Crippen molar-refractivity contribution in [1.29, 1.82) is 0 Å². The van der Waals surface area contributed by atoms with Crippen LogP contribution in [0.15, 0.2) is 48.5 Å². The van der Waals surface area contributed by atoms with Gasteiger partial charge < -0.3 is 25.5 Å². The summed E-state index contributed by atoms with van der Waals surface area (Å²) in [6.07, 6.45) is 2.75. The molecule has 7 nitrogen and oxygen atoms in total. The molecule has 4 rings (SSSR count). The van der Waals surface area contributed by atoms with Crippen molar-refractivity contribution in [2.75, 3.05) is 7.11 Å². The van der Waals surface area contributed by atoms with Crippen molar-refractivity contribution in [2.24, 2.45) is 0 Å². The SMILES string of the molecule is COc1ccc(C(C)(C)C(NC(=O)NC2CCC(O)CC2)c2nc3ccccc3[nH]2)cc1. The van der Waals surface area contributed by atoms with E-state index in [1.54, 1.807) is 7.11 Å². The maximum atomic E-state index is 13.0. The van der Waals surface area contributed by atoms with Gasteiger partial charge in [-0.2, -0.15) is 0 Å². The molecule has 1 aliphatic rings. The topological polar surface area (TPSA) is 99.3 Å². The van der Waals surface area contributed by atoms with Crippen molar-refractivity contribution in [1.82, 2.24) is 20.6 Å². The van der Waals surface area contributed by atoms with E-state index in [4.69, 9.17) is 9.72 Å². The Morgan fingerprint density at radius 1 is 1.12 bits per heavy atom. The van der Waals surface area contributed by atoms with Gasteiger partial charge in [-0.15, -0.1) is 0 Å². The van der Waals surface area contributed by atoms with Gasteiger partial charge in [0, 0.05) is 11.5 Å². The average molecular weight is 437 g/mol. The lowest BCUT2D eigenvalue weighted by atomic mass is 9.77. The molecule has 1 heterocycles. The highest BCUT2D eigenvalue weighted by Crippen LogP contribution is 2.37. The number of methoxy groups -OCH3 is 1. The number of hydrogen-bond donors (Lipinski definition) is 4. The molecule has 1 aromatic heterocycles. The van der Waals surface area contributed by atoms with Crippen LogP contribution in [0.2, 0.25) is 0 Å². The van der Waals surface area contributed by atoms with E-state index in [0.717, 1.165) is 48.0 Å². The van der Waals surface area contributed by atoms with Gasteiger partial charge in [-0.25, -0.2) is 9.78 Å². The van der Waals surface area contributed by atoms with Crippen LogP contribution in [0.3, 0.4) is 0 Å². The molecule has 3 aromatic rings. The second-order valence-electron chi connectivity index (χ2n) is 9.15. The van der Waals surface area contributed by atoms with Gasteiger partial charge in [0.1, 0.15) is 11.6 Å². The first-order chi connectivity index (χ1) is 15.4. The monoisotopic (exact) mass is 436 g/mol. The highest BCUT2D eigenvalue weighted by atomic mass is 16.5. The number of aliphatic hydroxyl groups excluding tert-OH is 1. The van der Waals surface area contributed by atoms with Crippen LogP contribution in [0.1, 0.15) is 57.0 Å². The number of amides is 2. The third-order valence-electron chi connectivity index (χ3n) is 6.54. The molecule has 0 aliphatic heterocycles. The number of imidazole rings is 1. The molecule has 0 spiro atoms. The van der Waals surface area contributed by atoms with E-state index in [1.807, 2.05) is 48.5 Å². The number of aromatic nitrogens is 2. The van der Waals surface area contributed by atoms with E-state index in [9.17, 15) is 9.90 Å². The molecule has 2 amide bonds. The quantitative estimate of drug-likeness (QED) is 0.465. The van der Waals surface area contributed by atoms with Crippen LogP contribution in [0, 0.1) is 0 Å². The van der Waals surface area contributed by atoms with Gasteiger partial charge in [0.15, 0.2) is 0 Å². The summed E-state index contributed by atoms with van der Waals surface area (Å²) in [6, 6.07) is 15.2. The number of carbonyl (C=O) groups is 1. The lowest BCUT2D eigenvalue weighted by Gasteiger charge is -2.35. The van der Waals surface area contributed by atoms with Gasteiger partial charge in [-0.1, -0.05) is 38.1 Å². The Balaban J connectivity index is 1.62. The minimum Gasteiger partial charge on any atom is -0.497 e. The molecule has 0 bridgehead atoms. The average Bonchev–Trinajstić information content (AvgIpc) is 3.22. The number of rotatable bonds is 6. The molecule has 2 aromatic carbocycles. The summed E-state index contributed by atoms with van der Waals surface area (Å²) in [7, 11) is 1.65. The number of nitrogens with zero attached hydrogens (tertiary/aromatic N) is 1. The van der Waals surface area contributed by atoms with Gasteiger partial charge in [-0.05, 0) is 55.5 Å². The third-order valence-corrected chi connectivity index (χ3v) is 6.54. The summed E-state index contributed by atoms with van der Waals surface area (Å²) >= 11 is 0. The molecule has 0 radical (unpaired) electrons. The standard InChI is InChI=1S/C25H32N4O3/c1-25(2,16-8-14-19(32-3)15-9-16)22(23-27-20-6-4-5-7-21(20)28-23)29-24(31)26-17-10-12-18(30)13-11-17/h4-9,14-15,17-18,22,30H,10-13H2,1-3H3,(H,27,28)(H2,26,29,31). The molecule has 1 saturated carbocycles. The number of carbonyl (C=O) groups excluding carboxylic acids is 1. The highest BCUT2D eigenvalue weighted by molar-refractivity contribution is 5.77. The van der Waals surface area contributed by atoms with E-state index in [-0.39, 0.29) is 18.2 Å². The second-order valence-corrected chi connectivity index (χ2v) is 9.15. The number of aromatic amines is 1. The molecule has 1 fully saturated rings. The molecule has 4 N–H and O–H groups in total. The van der Waals surface area contributed by atoms with Crippen molar-refractivity contribution >= 4 is 17.1 Å². The van der Waals surface area contributed by atoms with E-state index in [1.165, 1.54) is 0 Å². The summed E-state index contributed by atoms with van der Waals surface area (Å²) in [5.41, 5.74) is 2.40. The molecule has 170 valence electrons. The minimum atomic E-state index is -0.458. The van der Waals surface area contributed by atoms with Gasteiger partial charge in [0.05, 0.1) is 30.3 Å². The molecular formula is C25H32N4O3. The van der Waals surface area contributed by atoms with Crippen LogP contribution in [-0.2, 0) is 5.41 Å². The largest absolute Gasteiger partial charge is 0.497 e. The van der Waals surface area contributed by atoms with Crippen molar-refractivity contribution in [2.45, 2.75) is 63.1 Å². The zero-order valence-corrected chi connectivity index (χ0v) is 18.9. The first-order valence-electron chi connectivity index (χ1n) is 11.2. The zero-order chi connectivity index (χ0) is 22.7. The predicted molar refractivity (Wildman–Crippen MR) is 125 cm³/mol. The van der Waals surface area contributed by atoms with Crippen molar-refractivity contribution in [3.05, 3.63) is 59.9 Å². The minimum absolute atomic E-state index is 0.0684. The van der Waals surface area contributed by atoms with Gasteiger partial charge in [-0.3, -0.25) is 0 Å². The zero-order valence-electron chi connectivity index (χ0n) is 18.9. The number of benzene rings is 2. The van der Waals surface area contributed by atoms with Gasteiger partial charge >= 0.3 is 6.03 Å². The van der Waals surface area contributed by atoms with Gasteiger partial charge in [0.25, 0.3) is 0 Å². The summed E-state index contributed by atoms with van der Waals surface area (Å²) in [5, 5.41) is 16.0. The number of urea groups is 1. The van der Waals surface area contributed by atoms with Crippen LogP contribution in [0.5, 0.6) is 5.75 Å². The highest BCUT2D eigenvalue weighted by Gasteiger charge is 2.36. The van der Waals surface area contributed by atoms with E-state index >= 15 is 0 Å². The van der Waals surface area contributed by atoms with Crippen LogP contribution >= 0.6 is 0 Å². The molecule has 1 aliphatic carbocycles. The third kappa shape index (κ3) is 4.72. The molecule has 0 saturated heterocycles. The lowest BCUT2D eigenvalue weighted by Crippen LogP contribution is -2.49. The fourth-order valence-electron chi connectivity index (χ4n) is 4.47. The number of fused-ring (bicyclic) bond motifs is 1. The normalized spacial score (nSPS) is 20.0. The number of H-pyrrole nitrogens is 1. The summed E-state index contributed by atoms with van der Waals surface area (Å²) in [5.74, 6) is 1.50. The molecule has 1 atom stereocenters.